The fourth-order valence-electron chi connectivity index (χ4n) is 1.62. The molecule has 0 aromatic heterocycles. The van der Waals surface area contributed by atoms with Crippen LogP contribution in [-0.2, 0) is 16.3 Å². The first-order valence-electron chi connectivity index (χ1n) is 4.07. The molecule has 2 nitrogen and oxygen atoms in total. The van der Waals surface area contributed by atoms with Gasteiger partial charge in [0.2, 0.25) is 0 Å². The second kappa shape index (κ2) is 2.70. The van der Waals surface area contributed by atoms with Crippen molar-refractivity contribution in [2.75, 3.05) is 5.75 Å². The van der Waals surface area contributed by atoms with Crippen molar-refractivity contribution in [1.82, 2.24) is 0 Å². The second-order valence-electron chi connectivity index (χ2n) is 3.29. The predicted octanol–water partition coefficient (Wildman–Crippen LogP) is 1.57. The highest BCUT2D eigenvalue weighted by atomic mass is 32.2. The van der Waals surface area contributed by atoms with Gasteiger partial charge in [0, 0.05) is 0 Å². The minimum absolute atomic E-state index is 0.101. The lowest BCUT2D eigenvalue weighted by Gasteiger charge is -2.17. The van der Waals surface area contributed by atoms with Crippen molar-refractivity contribution < 1.29 is 8.42 Å². The van der Waals surface area contributed by atoms with E-state index in [9.17, 15) is 8.42 Å². The summed E-state index contributed by atoms with van der Waals surface area (Å²) < 4.78 is 23.2. The zero-order valence-electron chi connectivity index (χ0n) is 7.16. The van der Waals surface area contributed by atoms with Gasteiger partial charge in [-0.3, -0.25) is 0 Å². The van der Waals surface area contributed by atoms with E-state index < -0.39 is 9.84 Å². The van der Waals surface area contributed by atoms with Crippen LogP contribution in [0.25, 0.3) is 0 Å². The third-order valence-corrected chi connectivity index (χ3v) is 4.00. The lowest BCUT2D eigenvalue weighted by Crippen LogP contribution is -2.17. The molecule has 0 spiro atoms. The smallest absolute Gasteiger partial charge is 0.182 e. The molecule has 0 saturated carbocycles. The van der Waals surface area contributed by atoms with Crippen LogP contribution in [0.15, 0.2) is 41.3 Å². The average molecular weight is 194 g/mol. The minimum atomic E-state index is -3.09. The van der Waals surface area contributed by atoms with Crippen LogP contribution < -0.4 is 0 Å². The summed E-state index contributed by atoms with van der Waals surface area (Å²) in [6, 6.07) is 7.12. The summed E-state index contributed by atoms with van der Waals surface area (Å²) in [6.07, 6.45) is 0.690. The molecule has 1 aliphatic rings. The monoisotopic (exact) mass is 194 g/mol. The number of hydrogen-bond donors (Lipinski definition) is 0. The van der Waals surface area contributed by atoms with Gasteiger partial charge >= 0.3 is 0 Å². The fourth-order valence-corrected chi connectivity index (χ4v) is 3.24. The van der Waals surface area contributed by atoms with E-state index in [1.807, 2.05) is 12.1 Å². The van der Waals surface area contributed by atoms with Gasteiger partial charge < -0.3 is 0 Å². The summed E-state index contributed by atoms with van der Waals surface area (Å²) in [5.74, 6) is 0.101. The molecule has 0 saturated heterocycles. The lowest BCUT2D eigenvalue weighted by molar-refractivity contribution is 0.594. The summed E-state index contributed by atoms with van der Waals surface area (Å²) >= 11 is 0. The van der Waals surface area contributed by atoms with Crippen LogP contribution >= 0.6 is 0 Å². The highest BCUT2D eigenvalue weighted by molar-refractivity contribution is 7.91. The Bertz CT molecular complexity index is 458. The molecule has 0 bridgehead atoms. The third kappa shape index (κ3) is 1.40. The normalized spacial score (nSPS) is 19.5. The Labute approximate surface area is 77.8 Å². The lowest BCUT2D eigenvalue weighted by atomic mass is 10.1. The molecule has 0 unspecified atom stereocenters. The minimum Gasteiger partial charge on any atom is -0.223 e. The SMILES string of the molecule is C=C1Cc2ccccc2S(=O)(=O)C1. The summed E-state index contributed by atoms with van der Waals surface area (Å²) in [5.41, 5.74) is 1.65. The molecule has 2 rings (SSSR count). The van der Waals surface area contributed by atoms with Crippen LogP contribution in [0, 0.1) is 0 Å². The Balaban J connectivity index is 2.70. The summed E-state index contributed by atoms with van der Waals surface area (Å²) in [6.45, 7) is 3.73. The first-order chi connectivity index (χ1) is 6.09. The van der Waals surface area contributed by atoms with Crippen LogP contribution in [-0.4, -0.2) is 14.2 Å². The molecule has 0 atom stereocenters. The largest absolute Gasteiger partial charge is 0.223 e. The maximum absolute atomic E-state index is 11.6. The first-order valence-corrected chi connectivity index (χ1v) is 5.72. The number of rotatable bonds is 0. The van der Waals surface area contributed by atoms with Gasteiger partial charge in [-0.05, 0) is 18.1 Å². The van der Waals surface area contributed by atoms with Gasteiger partial charge in [-0.2, -0.15) is 0 Å². The average Bonchev–Trinajstić information content (AvgIpc) is 2.02. The van der Waals surface area contributed by atoms with Crippen molar-refractivity contribution in [3.8, 4) is 0 Å². The van der Waals surface area contributed by atoms with Crippen molar-refractivity contribution in [2.45, 2.75) is 11.3 Å². The number of benzene rings is 1. The first kappa shape index (κ1) is 8.51. The quantitative estimate of drug-likeness (QED) is 0.587. The van der Waals surface area contributed by atoms with Crippen molar-refractivity contribution in [3.05, 3.63) is 42.0 Å². The molecule has 1 heterocycles. The molecule has 0 amide bonds. The van der Waals surface area contributed by atoms with E-state index in [0.29, 0.717) is 11.3 Å². The molecule has 0 radical (unpaired) electrons. The Morgan fingerprint density at radius 3 is 2.69 bits per heavy atom. The van der Waals surface area contributed by atoms with Crippen LogP contribution in [0.1, 0.15) is 5.56 Å². The third-order valence-electron chi connectivity index (χ3n) is 2.14. The standard InChI is InChI=1S/C10H10O2S/c1-8-6-9-4-2-3-5-10(9)13(11,12)7-8/h2-5H,1,6-7H2. The summed E-state index contributed by atoms with van der Waals surface area (Å²) in [7, 11) is -3.09. The Hall–Kier alpha value is -1.09. The van der Waals surface area contributed by atoms with E-state index in [2.05, 4.69) is 6.58 Å². The van der Waals surface area contributed by atoms with Crippen molar-refractivity contribution in [3.63, 3.8) is 0 Å². The van der Waals surface area contributed by atoms with Gasteiger partial charge in [0.05, 0.1) is 10.6 Å². The van der Waals surface area contributed by atoms with E-state index in [4.69, 9.17) is 0 Å². The van der Waals surface area contributed by atoms with E-state index >= 15 is 0 Å². The van der Waals surface area contributed by atoms with Gasteiger partial charge in [-0.15, -0.1) is 0 Å². The number of fused-ring (bicyclic) bond motifs is 1. The highest BCUT2D eigenvalue weighted by Crippen LogP contribution is 2.26. The highest BCUT2D eigenvalue weighted by Gasteiger charge is 2.24. The van der Waals surface area contributed by atoms with Gasteiger partial charge in [-0.25, -0.2) is 8.42 Å². The van der Waals surface area contributed by atoms with Gasteiger partial charge in [0.25, 0.3) is 0 Å². The zero-order valence-corrected chi connectivity index (χ0v) is 7.97. The maximum atomic E-state index is 11.6. The topological polar surface area (TPSA) is 34.1 Å². The molecule has 1 aromatic carbocycles. The van der Waals surface area contributed by atoms with Crippen LogP contribution in [0.5, 0.6) is 0 Å². The molecular formula is C10H10O2S. The molecule has 0 fully saturated rings. The van der Waals surface area contributed by atoms with E-state index in [1.54, 1.807) is 12.1 Å². The Morgan fingerprint density at radius 1 is 1.23 bits per heavy atom. The van der Waals surface area contributed by atoms with Crippen molar-refractivity contribution in [1.29, 1.82) is 0 Å². The molecule has 0 aliphatic carbocycles. The van der Waals surface area contributed by atoms with E-state index in [-0.39, 0.29) is 5.75 Å². The van der Waals surface area contributed by atoms with Crippen LogP contribution in [0.3, 0.4) is 0 Å². The summed E-state index contributed by atoms with van der Waals surface area (Å²) in [5, 5.41) is 0. The molecule has 1 aliphatic heterocycles. The molecular weight excluding hydrogens is 184 g/mol. The summed E-state index contributed by atoms with van der Waals surface area (Å²) in [4.78, 5) is 0.474. The second-order valence-corrected chi connectivity index (χ2v) is 5.25. The fraction of sp³-hybridized carbons (Fsp3) is 0.200. The predicted molar refractivity (Wildman–Crippen MR) is 51.3 cm³/mol. The Kier molecular flexibility index (Phi) is 1.77. The molecule has 3 heteroatoms. The zero-order chi connectivity index (χ0) is 9.47. The van der Waals surface area contributed by atoms with E-state index in [1.165, 1.54) is 0 Å². The van der Waals surface area contributed by atoms with Crippen LogP contribution in [0.4, 0.5) is 0 Å². The molecule has 1 aromatic rings. The Morgan fingerprint density at radius 2 is 1.92 bits per heavy atom. The molecule has 0 N–H and O–H groups in total. The number of sulfone groups is 1. The van der Waals surface area contributed by atoms with Crippen molar-refractivity contribution in [2.24, 2.45) is 0 Å². The van der Waals surface area contributed by atoms with Gasteiger partial charge in [0.15, 0.2) is 9.84 Å². The van der Waals surface area contributed by atoms with Crippen LogP contribution in [0.2, 0.25) is 0 Å². The van der Waals surface area contributed by atoms with Crippen molar-refractivity contribution >= 4 is 9.84 Å². The molecule has 13 heavy (non-hydrogen) atoms. The van der Waals surface area contributed by atoms with Gasteiger partial charge in [-0.1, -0.05) is 30.4 Å². The van der Waals surface area contributed by atoms with Gasteiger partial charge in [0.1, 0.15) is 0 Å². The molecule has 68 valence electrons. The van der Waals surface area contributed by atoms with E-state index in [0.717, 1.165) is 11.1 Å². The number of hydrogen-bond acceptors (Lipinski definition) is 2. The maximum Gasteiger partial charge on any atom is 0.182 e.